The summed E-state index contributed by atoms with van der Waals surface area (Å²) in [5, 5.41) is 0. The summed E-state index contributed by atoms with van der Waals surface area (Å²) >= 11 is 4.04. The summed E-state index contributed by atoms with van der Waals surface area (Å²) in [6.07, 6.45) is 0.746. The molecule has 1 rings (SSSR count). The van der Waals surface area contributed by atoms with Crippen LogP contribution in [0.5, 0.6) is 0 Å². The SMILES string of the molecule is Nc1cc(S)cc(C=O)c1. The molecule has 0 aliphatic heterocycles. The molecule has 0 amide bonds. The molecule has 0 aromatic heterocycles. The molecule has 1 aromatic carbocycles. The Balaban J connectivity index is 3.18. The zero-order valence-corrected chi connectivity index (χ0v) is 6.14. The molecule has 0 atom stereocenters. The number of anilines is 1. The van der Waals surface area contributed by atoms with Gasteiger partial charge in [0, 0.05) is 16.1 Å². The molecule has 2 N–H and O–H groups in total. The fourth-order valence-corrected chi connectivity index (χ4v) is 1.03. The van der Waals surface area contributed by atoms with Crippen molar-refractivity contribution in [3.63, 3.8) is 0 Å². The van der Waals surface area contributed by atoms with E-state index in [2.05, 4.69) is 12.6 Å². The van der Waals surface area contributed by atoms with Crippen LogP contribution in [0.3, 0.4) is 0 Å². The Morgan fingerprint density at radius 2 is 2.10 bits per heavy atom. The van der Waals surface area contributed by atoms with Gasteiger partial charge in [-0.2, -0.15) is 0 Å². The first-order chi connectivity index (χ1) is 4.72. The highest BCUT2D eigenvalue weighted by molar-refractivity contribution is 7.80. The second kappa shape index (κ2) is 2.75. The Hall–Kier alpha value is -0.960. The lowest BCUT2D eigenvalue weighted by atomic mass is 10.2. The fourth-order valence-electron chi connectivity index (χ4n) is 0.727. The van der Waals surface area contributed by atoms with E-state index < -0.39 is 0 Å². The first-order valence-electron chi connectivity index (χ1n) is 2.77. The van der Waals surface area contributed by atoms with Gasteiger partial charge in [0.15, 0.2) is 0 Å². The molecule has 2 nitrogen and oxygen atoms in total. The van der Waals surface area contributed by atoms with Gasteiger partial charge in [0.1, 0.15) is 6.29 Å². The maximum absolute atomic E-state index is 10.2. The summed E-state index contributed by atoms with van der Waals surface area (Å²) in [7, 11) is 0. The van der Waals surface area contributed by atoms with Gasteiger partial charge in [0.05, 0.1) is 0 Å². The number of benzene rings is 1. The van der Waals surface area contributed by atoms with Crippen LogP contribution in [0.15, 0.2) is 23.1 Å². The van der Waals surface area contributed by atoms with E-state index in [4.69, 9.17) is 5.73 Å². The van der Waals surface area contributed by atoms with Crippen LogP contribution >= 0.6 is 12.6 Å². The number of nitrogen functional groups attached to an aromatic ring is 1. The highest BCUT2D eigenvalue weighted by Crippen LogP contribution is 2.13. The molecular weight excluding hydrogens is 146 g/mol. The highest BCUT2D eigenvalue weighted by Gasteiger charge is 1.92. The number of hydrogen-bond acceptors (Lipinski definition) is 3. The van der Waals surface area contributed by atoms with E-state index in [1.807, 2.05) is 0 Å². The van der Waals surface area contributed by atoms with Crippen molar-refractivity contribution in [2.45, 2.75) is 4.90 Å². The summed E-state index contributed by atoms with van der Waals surface area (Å²) in [5.41, 5.74) is 6.55. The predicted molar refractivity (Wildman–Crippen MR) is 43.5 cm³/mol. The van der Waals surface area contributed by atoms with Gasteiger partial charge in [0.2, 0.25) is 0 Å². The van der Waals surface area contributed by atoms with E-state index in [1.54, 1.807) is 18.2 Å². The highest BCUT2D eigenvalue weighted by atomic mass is 32.1. The zero-order chi connectivity index (χ0) is 7.56. The number of carbonyl (C=O) groups excluding carboxylic acids is 1. The smallest absolute Gasteiger partial charge is 0.150 e. The second-order valence-electron chi connectivity index (χ2n) is 1.98. The van der Waals surface area contributed by atoms with E-state index in [9.17, 15) is 4.79 Å². The molecule has 52 valence electrons. The standard InChI is InChI=1S/C7H7NOS/c8-6-1-5(4-9)2-7(10)3-6/h1-4,10H,8H2. The molecule has 0 fully saturated rings. The number of carbonyl (C=O) groups is 1. The van der Waals surface area contributed by atoms with Crippen molar-refractivity contribution in [2.24, 2.45) is 0 Å². The molecule has 3 heteroatoms. The van der Waals surface area contributed by atoms with Gasteiger partial charge in [-0.3, -0.25) is 4.79 Å². The van der Waals surface area contributed by atoms with Crippen LogP contribution in [0.4, 0.5) is 5.69 Å². The maximum atomic E-state index is 10.2. The van der Waals surface area contributed by atoms with Gasteiger partial charge < -0.3 is 5.73 Å². The minimum Gasteiger partial charge on any atom is -0.399 e. The van der Waals surface area contributed by atoms with E-state index in [0.717, 1.165) is 6.29 Å². The van der Waals surface area contributed by atoms with E-state index in [1.165, 1.54) is 0 Å². The Morgan fingerprint density at radius 3 is 2.60 bits per heavy atom. The van der Waals surface area contributed by atoms with E-state index in [-0.39, 0.29) is 0 Å². The summed E-state index contributed by atoms with van der Waals surface area (Å²) in [5.74, 6) is 0. The number of nitrogens with two attached hydrogens (primary N) is 1. The van der Waals surface area contributed by atoms with Gasteiger partial charge >= 0.3 is 0 Å². The van der Waals surface area contributed by atoms with Gasteiger partial charge in [-0.25, -0.2) is 0 Å². The molecule has 0 spiro atoms. The van der Waals surface area contributed by atoms with E-state index >= 15 is 0 Å². The van der Waals surface area contributed by atoms with Crippen molar-refractivity contribution in [3.05, 3.63) is 23.8 Å². The zero-order valence-electron chi connectivity index (χ0n) is 5.24. The molecule has 0 heterocycles. The summed E-state index contributed by atoms with van der Waals surface area (Å²) < 4.78 is 0. The summed E-state index contributed by atoms with van der Waals surface area (Å²) in [4.78, 5) is 10.9. The molecule has 0 radical (unpaired) electrons. The third-order valence-corrected chi connectivity index (χ3v) is 1.36. The van der Waals surface area contributed by atoms with Gasteiger partial charge in [-0.05, 0) is 18.2 Å². The molecule has 0 saturated heterocycles. The normalized spacial score (nSPS) is 9.30. The molecule has 0 saturated carbocycles. The Labute approximate surface area is 64.5 Å². The molecule has 0 bridgehead atoms. The number of rotatable bonds is 1. The first kappa shape index (κ1) is 7.15. The first-order valence-corrected chi connectivity index (χ1v) is 3.22. The van der Waals surface area contributed by atoms with Crippen LogP contribution in [0, 0.1) is 0 Å². The average Bonchev–Trinajstić information content (AvgIpc) is 1.85. The molecule has 0 aliphatic carbocycles. The molecule has 1 aromatic rings. The number of hydrogen-bond donors (Lipinski definition) is 2. The van der Waals surface area contributed by atoms with Crippen LogP contribution in [-0.2, 0) is 0 Å². The van der Waals surface area contributed by atoms with Crippen molar-refractivity contribution in [2.75, 3.05) is 5.73 Å². The van der Waals surface area contributed by atoms with Crippen molar-refractivity contribution in [1.29, 1.82) is 0 Å². The van der Waals surface area contributed by atoms with Crippen LogP contribution in [-0.4, -0.2) is 6.29 Å². The Kier molecular flexibility index (Phi) is 1.97. The monoisotopic (exact) mass is 153 g/mol. The lowest BCUT2D eigenvalue weighted by molar-refractivity contribution is 0.112. The summed E-state index contributed by atoms with van der Waals surface area (Å²) in [6, 6.07) is 4.95. The van der Waals surface area contributed by atoms with Crippen LogP contribution in [0.1, 0.15) is 10.4 Å². The minimum atomic E-state index is 0.560. The Morgan fingerprint density at radius 1 is 1.40 bits per heavy atom. The molecular formula is C7H7NOS. The van der Waals surface area contributed by atoms with Gasteiger partial charge in [0.25, 0.3) is 0 Å². The molecule has 0 aliphatic rings. The van der Waals surface area contributed by atoms with Crippen molar-refractivity contribution >= 4 is 24.6 Å². The average molecular weight is 153 g/mol. The number of aldehydes is 1. The van der Waals surface area contributed by atoms with Crippen LogP contribution < -0.4 is 5.73 Å². The topological polar surface area (TPSA) is 43.1 Å². The molecule has 10 heavy (non-hydrogen) atoms. The van der Waals surface area contributed by atoms with Crippen molar-refractivity contribution < 1.29 is 4.79 Å². The van der Waals surface area contributed by atoms with Crippen LogP contribution in [0.25, 0.3) is 0 Å². The molecule has 0 unspecified atom stereocenters. The third-order valence-electron chi connectivity index (χ3n) is 1.10. The lowest BCUT2D eigenvalue weighted by Gasteiger charge is -1.95. The second-order valence-corrected chi connectivity index (χ2v) is 2.49. The number of thiol groups is 1. The van der Waals surface area contributed by atoms with Crippen molar-refractivity contribution in [1.82, 2.24) is 0 Å². The maximum Gasteiger partial charge on any atom is 0.150 e. The fraction of sp³-hybridized carbons (Fsp3) is 0. The van der Waals surface area contributed by atoms with Gasteiger partial charge in [-0.15, -0.1) is 12.6 Å². The Bertz CT molecular complexity index is 240. The predicted octanol–water partition coefficient (Wildman–Crippen LogP) is 1.37. The quantitative estimate of drug-likeness (QED) is 0.363. The largest absolute Gasteiger partial charge is 0.399 e. The van der Waals surface area contributed by atoms with Crippen molar-refractivity contribution in [3.8, 4) is 0 Å². The lowest BCUT2D eigenvalue weighted by Crippen LogP contribution is -1.87. The minimum absolute atomic E-state index is 0.560. The van der Waals surface area contributed by atoms with Gasteiger partial charge in [-0.1, -0.05) is 0 Å². The van der Waals surface area contributed by atoms with E-state index in [0.29, 0.717) is 16.1 Å². The summed E-state index contributed by atoms with van der Waals surface area (Å²) in [6.45, 7) is 0. The third kappa shape index (κ3) is 1.51. The van der Waals surface area contributed by atoms with Crippen LogP contribution in [0.2, 0.25) is 0 Å².